The van der Waals surface area contributed by atoms with Gasteiger partial charge < -0.3 is 20.7 Å². The molecule has 8 nitrogen and oxygen atoms in total. The lowest BCUT2D eigenvalue weighted by molar-refractivity contribution is 0.260. The first-order chi connectivity index (χ1) is 14.3. The highest BCUT2D eigenvalue weighted by molar-refractivity contribution is 6.33. The summed E-state index contributed by atoms with van der Waals surface area (Å²) in [6, 6.07) is 5.21. The average molecular weight is 432 g/mol. The minimum Gasteiger partial charge on any atom is -0.398 e. The lowest BCUT2D eigenvalue weighted by Crippen LogP contribution is -2.30. The number of benzene rings is 1. The molecule has 30 heavy (non-hydrogen) atoms. The molecule has 0 bridgehead atoms. The zero-order valence-corrected chi connectivity index (χ0v) is 18.8. The molecule has 0 fully saturated rings. The third kappa shape index (κ3) is 4.29. The summed E-state index contributed by atoms with van der Waals surface area (Å²) in [4.78, 5) is 9.55. The van der Waals surface area contributed by atoms with Gasteiger partial charge in [-0.3, -0.25) is 5.10 Å². The number of nitrogens with zero attached hydrogens (tertiary/aromatic N) is 4. The predicted molar refractivity (Wildman–Crippen MR) is 122 cm³/mol. The van der Waals surface area contributed by atoms with E-state index in [1.54, 1.807) is 12.1 Å². The average Bonchev–Trinajstić information content (AvgIpc) is 3.14. The van der Waals surface area contributed by atoms with E-state index in [1.807, 2.05) is 13.0 Å². The summed E-state index contributed by atoms with van der Waals surface area (Å²) in [5, 5.41) is 21.2. The summed E-state index contributed by atoms with van der Waals surface area (Å²) in [6.07, 6.45) is 0.715. The first-order valence-electron chi connectivity index (χ1n) is 10.2. The number of anilines is 3. The van der Waals surface area contributed by atoms with Gasteiger partial charge in [0, 0.05) is 11.7 Å². The number of halogens is 1. The first kappa shape index (κ1) is 22.1. The van der Waals surface area contributed by atoms with Crippen molar-refractivity contribution in [1.82, 2.24) is 19.7 Å². The van der Waals surface area contributed by atoms with Crippen molar-refractivity contribution in [3.8, 4) is 0 Å². The molecule has 9 heteroatoms. The van der Waals surface area contributed by atoms with Crippen LogP contribution in [0.25, 0.3) is 11.0 Å². The van der Waals surface area contributed by atoms with Gasteiger partial charge in [0.15, 0.2) is 11.3 Å². The third-order valence-corrected chi connectivity index (χ3v) is 5.32. The fraction of sp³-hybridized carbons (Fsp3) is 0.476. The Labute approximate surface area is 181 Å². The van der Waals surface area contributed by atoms with Crippen LogP contribution < -0.4 is 16.7 Å². The van der Waals surface area contributed by atoms with Crippen molar-refractivity contribution < 1.29 is 5.11 Å². The Kier molecular flexibility index (Phi) is 6.67. The number of nitrogens with two attached hydrogens (primary N) is 1. The summed E-state index contributed by atoms with van der Waals surface area (Å²) in [6.45, 7) is 10.4. The van der Waals surface area contributed by atoms with Crippen LogP contribution in [0.1, 0.15) is 58.7 Å². The van der Waals surface area contributed by atoms with Crippen LogP contribution in [-0.2, 0) is 0 Å². The molecule has 5 N–H and O–H groups in total. The molecule has 2 heterocycles. The molecule has 0 radical (unpaired) electrons. The second-order valence-electron chi connectivity index (χ2n) is 7.95. The molecular formula is C21H30ClN7O. The molecule has 3 rings (SSSR count). The highest BCUT2D eigenvalue weighted by atomic mass is 35.5. The third-order valence-electron chi connectivity index (χ3n) is 5.00. The van der Waals surface area contributed by atoms with Crippen LogP contribution in [0.2, 0.25) is 5.02 Å². The van der Waals surface area contributed by atoms with Gasteiger partial charge >= 0.3 is 0 Å². The largest absolute Gasteiger partial charge is 0.398 e. The number of aliphatic hydroxyl groups excluding tert-OH is 1. The van der Waals surface area contributed by atoms with E-state index in [0.717, 1.165) is 22.4 Å². The Bertz CT molecular complexity index is 1100. The summed E-state index contributed by atoms with van der Waals surface area (Å²) in [7, 11) is 0. The number of nitrogen functional groups attached to an aromatic ring is 1. The molecule has 1 atom stereocenters. The number of aromatic nitrogens is 4. The fourth-order valence-electron chi connectivity index (χ4n) is 3.30. The van der Waals surface area contributed by atoms with Crippen LogP contribution in [0, 0.1) is 0 Å². The lowest BCUT2D eigenvalue weighted by Gasteiger charge is -2.18. The Morgan fingerprint density at radius 1 is 1.30 bits per heavy atom. The highest BCUT2D eigenvalue weighted by Crippen LogP contribution is 2.30. The Morgan fingerprint density at radius 2 is 2.03 bits per heavy atom. The van der Waals surface area contributed by atoms with E-state index in [9.17, 15) is 5.11 Å². The second kappa shape index (κ2) is 9.06. The number of rotatable bonds is 7. The Morgan fingerprint density at radius 3 is 2.60 bits per heavy atom. The van der Waals surface area contributed by atoms with E-state index in [0.29, 0.717) is 28.6 Å². The van der Waals surface area contributed by atoms with Gasteiger partial charge in [-0.1, -0.05) is 32.4 Å². The molecule has 2 aromatic heterocycles. The van der Waals surface area contributed by atoms with Crippen molar-refractivity contribution in [1.29, 1.82) is 0 Å². The van der Waals surface area contributed by atoms with Gasteiger partial charge in [-0.25, -0.2) is 4.99 Å². The van der Waals surface area contributed by atoms with E-state index in [-0.39, 0.29) is 24.6 Å². The van der Waals surface area contributed by atoms with E-state index >= 15 is 0 Å². The molecule has 0 saturated heterocycles. The minimum absolute atomic E-state index is 0.0347. The minimum atomic E-state index is -0.229. The van der Waals surface area contributed by atoms with Gasteiger partial charge in [-0.2, -0.15) is 10.1 Å². The molecule has 0 amide bonds. The summed E-state index contributed by atoms with van der Waals surface area (Å²) in [5.41, 5.74) is 10.3. The molecule has 3 aromatic rings. The van der Waals surface area contributed by atoms with Gasteiger partial charge in [0.2, 0.25) is 5.62 Å². The molecule has 0 aliphatic rings. The fourth-order valence-corrected chi connectivity index (χ4v) is 3.48. The highest BCUT2D eigenvalue weighted by Gasteiger charge is 2.20. The Balaban J connectivity index is 2.31. The zero-order valence-electron chi connectivity index (χ0n) is 18.1. The van der Waals surface area contributed by atoms with Crippen LogP contribution in [0.3, 0.4) is 0 Å². The van der Waals surface area contributed by atoms with Crippen molar-refractivity contribution in [2.75, 3.05) is 17.7 Å². The molecule has 162 valence electrons. The van der Waals surface area contributed by atoms with Crippen LogP contribution in [0.5, 0.6) is 0 Å². The van der Waals surface area contributed by atoms with Crippen molar-refractivity contribution >= 4 is 39.8 Å². The van der Waals surface area contributed by atoms with E-state index in [2.05, 4.69) is 47.8 Å². The summed E-state index contributed by atoms with van der Waals surface area (Å²) >= 11 is 6.19. The van der Waals surface area contributed by atoms with Crippen molar-refractivity contribution in [3.63, 3.8) is 0 Å². The normalized spacial score (nSPS) is 13.6. The molecule has 0 aliphatic heterocycles. The maximum absolute atomic E-state index is 9.70. The molecule has 0 aliphatic carbocycles. The number of aliphatic hydroxyl groups is 1. The molecule has 0 spiro atoms. The van der Waals surface area contributed by atoms with E-state index < -0.39 is 0 Å². The van der Waals surface area contributed by atoms with Crippen molar-refractivity contribution in [3.05, 3.63) is 34.5 Å². The molecular weight excluding hydrogens is 402 g/mol. The number of hydrogen-bond acceptors (Lipinski definition) is 6. The topological polar surface area (TPSA) is 117 Å². The molecule has 1 unspecified atom stereocenters. The first-order valence-corrected chi connectivity index (χ1v) is 10.6. The number of fused-ring (bicyclic) bond motifs is 1. The maximum atomic E-state index is 9.70. The number of hydrogen-bond donors (Lipinski definition) is 4. The summed E-state index contributed by atoms with van der Waals surface area (Å²) < 4.78 is 2.08. The molecule has 1 aromatic carbocycles. The van der Waals surface area contributed by atoms with Gasteiger partial charge in [0.05, 0.1) is 34.6 Å². The van der Waals surface area contributed by atoms with Gasteiger partial charge in [0.25, 0.3) is 0 Å². The quantitative estimate of drug-likeness (QED) is 0.420. The second-order valence-corrected chi connectivity index (χ2v) is 8.36. The molecule has 0 saturated carbocycles. The van der Waals surface area contributed by atoms with Crippen molar-refractivity contribution in [2.45, 2.75) is 59.0 Å². The Hall–Kier alpha value is -2.58. The lowest BCUT2D eigenvalue weighted by atomic mass is 10.1. The summed E-state index contributed by atoms with van der Waals surface area (Å²) in [5.74, 6) is 0.798. The van der Waals surface area contributed by atoms with Gasteiger partial charge in [0.1, 0.15) is 0 Å². The van der Waals surface area contributed by atoms with Crippen LogP contribution >= 0.6 is 11.6 Å². The predicted octanol–water partition coefficient (Wildman–Crippen LogP) is 4.11. The van der Waals surface area contributed by atoms with E-state index in [1.165, 1.54) is 0 Å². The van der Waals surface area contributed by atoms with Gasteiger partial charge in [-0.05, 0) is 44.4 Å². The number of aromatic amines is 1. The smallest absolute Gasteiger partial charge is 0.228 e. The zero-order chi connectivity index (χ0) is 22.0. The SMILES string of the molecule is CCC(CO)N=c1nc(Nc2ccc(N)c(Cl)c2)c2n[nH]c(C(C)C)c2n1C(C)C. The van der Waals surface area contributed by atoms with Crippen molar-refractivity contribution in [2.24, 2.45) is 4.99 Å². The maximum Gasteiger partial charge on any atom is 0.228 e. The standard InChI is InChI=1S/C21H30ClN7O/c1-6-13(10-30)25-21-26-20(24-14-7-8-16(23)15(22)9-14)18-19(29(21)12(4)5)17(11(2)3)27-28-18/h7-9,11-13,30H,6,10,23H2,1-5H3,(H,27,28)(H,24,25,26). The number of H-pyrrole nitrogens is 1. The van der Waals surface area contributed by atoms with Crippen LogP contribution in [-0.4, -0.2) is 37.5 Å². The van der Waals surface area contributed by atoms with Crippen LogP contribution in [0.4, 0.5) is 17.2 Å². The van der Waals surface area contributed by atoms with Crippen LogP contribution in [0.15, 0.2) is 23.2 Å². The number of nitrogens with one attached hydrogen (secondary N) is 2. The van der Waals surface area contributed by atoms with E-state index in [4.69, 9.17) is 27.3 Å². The monoisotopic (exact) mass is 431 g/mol. The van der Waals surface area contributed by atoms with Gasteiger partial charge in [-0.15, -0.1) is 0 Å².